The number of hydrogen-bond donors (Lipinski definition) is 0. The van der Waals surface area contributed by atoms with Gasteiger partial charge in [-0.1, -0.05) is 140 Å². The van der Waals surface area contributed by atoms with E-state index >= 15 is 0 Å². The molecular formula is C51H41N. The molecule has 5 unspecified atom stereocenters. The van der Waals surface area contributed by atoms with Crippen LogP contribution in [0.15, 0.2) is 176 Å². The van der Waals surface area contributed by atoms with Crippen LogP contribution in [0, 0.1) is 23.7 Å². The number of benzene rings is 7. The van der Waals surface area contributed by atoms with Gasteiger partial charge in [0.05, 0.1) is 0 Å². The third-order valence-corrected chi connectivity index (χ3v) is 13.3. The summed E-state index contributed by atoms with van der Waals surface area (Å²) in [5.74, 6) is 3.40. The molecule has 0 N–H and O–H groups in total. The van der Waals surface area contributed by atoms with Gasteiger partial charge in [0.25, 0.3) is 0 Å². The molecule has 4 fully saturated rings. The molecule has 0 aromatic heterocycles. The van der Waals surface area contributed by atoms with Gasteiger partial charge in [-0.25, -0.2) is 0 Å². The summed E-state index contributed by atoms with van der Waals surface area (Å²) in [6.07, 6.45) is 5.68. The van der Waals surface area contributed by atoms with Crippen molar-refractivity contribution in [3.05, 3.63) is 187 Å². The lowest BCUT2D eigenvalue weighted by molar-refractivity contribution is 0.191. The SMILES string of the molecule is c1ccc(-c2ccc(N(c3ccc(-c4ccccc4)cc3)c3cccc(-c4cccc5c4-c4ccccc4C54C5CC6CC(C5)C4C6)c3)cc2)cc1. The van der Waals surface area contributed by atoms with Gasteiger partial charge >= 0.3 is 0 Å². The molecule has 12 rings (SSSR count). The molecular weight excluding hydrogens is 627 g/mol. The van der Waals surface area contributed by atoms with Crippen LogP contribution in [0.25, 0.3) is 44.5 Å². The van der Waals surface area contributed by atoms with Crippen molar-refractivity contribution in [2.24, 2.45) is 23.7 Å². The second kappa shape index (κ2) is 11.7. The van der Waals surface area contributed by atoms with Crippen molar-refractivity contribution in [3.63, 3.8) is 0 Å². The Kier molecular flexibility index (Phi) is 6.74. The number of fused-ring (bicyclic) bond motifs is 3. The first-order valence-electron chi connectivity index (χ1n) is 19.2. The average molecular weight is 668 g/mol. The highest BCUT2D eigenvalue weighted by atomic mass is 15.1. The summed E-state index contributed by atoms with van der Waals surface area (Å²) in [4.78, 5) is 2.42. The minimum Gasteiger partial charge on any atom is -0.310 e. The summed E-state index contributed by atoms with van der Waals surface area (Å²) in [6, 6.07) is 65.4. The summed E-state index contributed by atoms with van der Waals surface area (Å²) in [5, 5.41) is 0. The lowest BCUT2D eigenvalue weighted by Gasteiger charge is -2.43. The van der Waals surface area contributed by atoms with Crippen LogP contribution in [0.2, 0.25) is 0 Å². The largest absolute Gasteiger partial charge is 0.310 e. The van der Waals surface area contributed by atoms with Crippen LogP contribution >= 0.6 is 0 Å². The van der Waals surface area contributed by atoms with E-state index < -0.39 is 0 Å². The number of nitrogens with zero attached hydrogens (tertiary/aromatic N) is 1. The van der Waals surface area contributed by atoms with Crippen molar-refractivity contribution in [1.29, 1.82) is 0 Å². The summed E-state index contributed by atoms with van der Waals surface area (Å²) in [6.45, 7) is 0. The maximum absolute atomic E-state index is 2.51. The Hall–Kier alpha value is -5.66. The first-order valence-corrected chi connectivity index (χ1v) is 19.2. The van der Waals surface area contributed by atoms with Crippen molar-refractivity contribution in [3.8, 4) is 44.5 Å². The van der Waals surface area contributed by atoms with E-state index in [1.54, 1.807) is 11.1 Å². The molecule has 1 spiro atoms. The molecule has 0 heterocycles. The molecule has 5 atom stereocenters. The van der Waals surface area contributed by atoms with E-state index in [1.165, 1.54) is 70.2 Å². The molecule has 0 saturated heterocycles. The van der Waals surface area contributed by atoms with E-state index in [0.29, 0.717) is 0 Å². The maximum Gasteiger partial charge on any atom is 0.0467 e. The molecule has 0 radical (unpaired) electrons. The first kappa shape index (κ1) is 30.0. The quantitative estimate of drug-likeness (QED) is 0.171. The Morgan fingerprint density at radius 1 is 0.404 bits per heavy atom. The summed E-state index contributed by atoms with van der Waals surface area (Å²) < 4.78 is 0. The zero-order valence-electron chi connectivity index (χ0n) is 29.3. The first-order chi connectivity index (χ1) is 25.8. The van der Waals surface area contributed by atoms with Gasteiger partial charge in [-0.2, -0.15) is 0 Å². The fraction of sp³-hybridized carbons (Fsp3) is 0.176. The molecule has 0 aliphatic heterocycles. The molecule has 5 aliphatic carbocycles. The van der Waals surface area contributed by atoms with Gasteiger partial charge in [-0.3, -0.25) is 0 Å². The third kappa shape index (κ3) is 4.42. The van der Waals surface area contributed by atoms with Crippen molar-refractivity contribution in [2.75, 3.05) is 4.90 Å². The average Bonchev–Trinajstić information content (AvgIpc) is 3.76. The fourth-order valence-electron chi connectivity index (χ4n) is 11.4. The van der Waals surface area contributed by atoms with E-state index in [-0.39, 0.29) is 5.41 Å². The predicted octanol–water partition coefficient (Wildman–Crippen LogP) is 13.5. The summed E-state index contributed by atoms with van der Waals surface area (Å²) in [5.41, 5.74) is 17.4. The Bertz CT molecular complexity index is 2340. The normalized spacial score (nSPS) is 23.2. The highest BCUT2D eigenvalue weighted by Crippen LogP contribution is 2.73. The molecule has 7 aromatic carbocycles. The van der Waals surface area contributed by atoms with Crippen LogP contribution in [-0.4, -0.2) is 0 Å². The smallest absolute Gasteiger partial charge is 0.0467 e. The van der Waals surface area contributed by atoms with Crippen LogP contribution in [0.4, 0.5) is 17.1 Å². The van der Waals surface area contributed by atoms with Gasteiger partial charge in [0.1, 0.15) is 0 Å². The van der Waals surface area contributed by atoms with Gasteiger partial charge in [-0.15, -0.1) is 0 Å². The van der Waals surface area contributed by atoms with Gasteiger partial charge < -0.3 is 4.90 Å². The standard InChI is InChI=1S/C51H41N/c1-3-11-35(12-4-1)37-21-25-42(26-22-37)52(43-27-23-38(24-28-43)36-13-5-2-6-14-36)44-16-9-15-39(33-44)45-18-10-20-48-50(45)46-17-7-8-19-47(46)51(48)41-30-34-29-40(32-41)49(51)31-34/h1-28,33-34,40-41,49H,29-32H2. The minimum atomic E-state index is 0.185. The second-order valence-electron chi connectivity index (χ2n) is 15.7. The van der Waals surface area contributed by atoms with Gasteiger partial charge in [0.2, 0.25) is 0 Å². The Labute approximate surface area is 307 Å². The molecule has 0 amide bonds. The number of anilines is 3. The van der Waals surface area contributed by atoms with Crippen molar-refractivity contribution >= 4 is 17.1 Å². The predicted molar refractivity (Wildman–Crippen MR) is 216 cm³/mol. The van der Waals surface area contributed by atoms with E-state index in [0.717, 1.165) is 40.7 Å². The Morgan fingerprint density at radius 2 is 0.962 bits per heavy atom. The van der Waals surface area contributed by atoms with Gasteiger partial charge in [0, 0.05) is 22.5 Å². The van der Waals surface area contributed by atoms with Crippen molar-refractivity contribution in [2.45, 2.75) is 31.1 Å². The highest BCUT2D eigenvalue weighted by molar-refractivity contribution is 5.94. The Morgan fingerprint density at radius 3 is 1.63 bits per heavy atom. The van der Waals surface area contributed by atoms with Crippen LogP contribution in [-0.2, 0) is 5.41 Å². The molecule has 5 aliphatic rings. The van der Waals surface area contributed by atoms with E-state index in [2.05, 4.69) is 181 Å². The lowest BCUT2D eigenvalue weighted by atomic mass is 9.59. The summed E-state index contributed by atoms with van der Waals surface area (Å²) in [7, 11) is 0. The monoisotopic (exact) mass is 667 g/mol. The third-order valence-electron chi connectivity index (χ3n) is 13.3. The van der Waals surface area contributed by atoms with E-state index in [9.17, 15) is 0 Å². The summed E-state index contributed by atoms with van der Waals surface area (Å²) >= 11 is 0. The van der Waals surface area contributed by atoms with Crippen molar-refractivity contribution < 1.29 is 0 Å². The zero-order valence-corrected chi connectivity index (χ0v) is 29.3. The molecule has 4 bridgehead atoms. The zero-order chi connectivity index (χ0) is 34.2. The molecule has 250 valence electrons. The van der Waals surface area contributed by atoms with Crippen LogP contribution in [0.1, 0.15) is 36.8 Å². The van der Waals surface area contributed by atoms with Gasteiger partial charge in [-0.05, 0) is 141 Å². The molecule has 52 heavy (non-hydrogen) atoms. The topological polar surface area (TPSA) is 3.24 Å². The van der Waals surface area contributed by atoms with E-state index in [1.807, 2.05) is 0 Å². The number of rotatable bonds is 6. The Balaban J connectivity index is 1.04. The fourth-order valence-corrected chi connectivity index (χ4v) is 11.4. The molecule has 1 nitrogen and oxygen atoms in total. The van der Waals surface area contributed by atoms with Crippen LogP contribution < -0.4 is 4.90 Å². The van der Waals surface area contributed by atoms with Crippen LogP contribution in [0.5, 0.6) is 0 Å². The van der Waals surface area contributed by atoms with Gasteiger partial charge in [0.15, 0.2) is 0 Å². The highest BCUT2D eigenvalue weighted by Gasteiger charge is 2.66. The minimum absolute atomic E-state index is 0.185. The molecule has 7 aromatic rings. The van der Waals surface area contributed by atoms with E-state index in [4.69, 9.17) is 0 Å². The molecule has 1 heteroatoms. The lowest BCUT2D eigenvalue weighted by Crippen LogP contribution is -2.40. The second-order valence-corrected chi connectivity index (χ2v) is 15.7. The number of hydrogen-bond acceptors (Lipinski definition) is 1. The van der Waals surface area contributed by atoms with Crippen LogP contribution in [0.3, 0.4) is 0 Å². The maximum atomic E-state index is 2.51. The molecule has 4 saturated carbocycles. The van der Waals surface area contributed by atoms with Crippen molar-refractivity contribution in [1.82, 2.24) is 0 Å².